The Balaban J connectivity index is 0.593. The van der Waals surface area contributed by atoms with Gasteiger partial charge in [0.1, 0.15) is 22.9 Å². The van der Waals surface area contributed by atoms with Gasteiger partial charge in [-0.25, -0.2) is 9.78 Å². The lowest BCUT2D eigenvalue weighted by molar-refractivity contribution is -0.137. The number of ether oxygens (including phenoxy) is 5. The largest absolute Gasteiger partial charge is 0.494 e. The molecule has 2 aromatic heterocycles. The molecule has 0 spiro atoms. The summed E-state index contributed by atoms with van der Waals surface area (Å²) in [5.74, 6) is 0.855. The smallest absolute Gasteiger partial charge is 0.410 e. The molecule has 4 aliphatic heterocycles. The van der Waals surface area contributed by atoms with E-state index in [1.54, 1.807) is 28.3 Å². The molecule has 3 fully saturated rings. The molecule has 0 bridgehead atoms. The van der Waals surface area contributed by atoms with Gasteiger partial charge in [0.15, 0.2) is 11.6 Å². The van der Waals surface area contributed by atoms with Gasteiger partial charge in [0, 0.05) is 99.3 Å². The zero-order chi connectivity index (χ0) is 59.1. The van der Waals surface area contributed by atoms with Gasteiger partial charge >= 0.3 is 6.09 Å². The number of anilines is 2. The number of hydrogen-bond donors (Lipinski definition) is 4. The molecule has 2 atom stereocenters. The number of amides is 6. The Morgan fingerprint density at radius 2 is 1.48 bits per heavy atom. The van der Waals surface area contributed by atoms with Gasteiger partial charge in [-0.05, 0) is 138 Å². The highest BCUT2D eigenvalue weighted by atomic mass is 16.6. The molecule has 6 heterocycles. The van der Waals surface area contributed by atoms with E-state index in [-0.39, 0.29) is 42.2 Å². The van der Waals surface area contributed by atoms with Crippen molar-refractivity contribution in [2.45, 2.75) is 115 Å². The average Bonchev–Trinajstić information content (AvgIpc) is 2.98. The number of nitrogens with zero attached hydrogens (tertiary/aromatic N) is 7. The number of pyridine rings is 1. The van der Waals surface area contributed by atoms with Crippen molar-refractivity contribution in [3.8, 4) is 17.1 Å². The van der Waals surface area contributed by atoms with Crippen molar-refractivity contribution >= 4 is 47.0 Å². The standard InChI is InChI=1S/C62H79N11O11/c1-43(64-56(76)46-10-9-11-48(40-46)67-62(23-27-72(28-24-62)60(79)84-61(2,3)4)59-66-55(68-69-59)45-20-25-63-26-21-45)44-12-15-50(16-13-44)83-34-8-6-5-7-33-80-36-38-82-39-37-81-35-22-54(75)71-31-29-70(30-32-71)49-14-17-51-47(41-49)42-73(58(51)78)52-18-19-53(74)65-57(52)77/h9-17,20-21,25-26,40-41,43,52,67H,5-8,18-19,22-24,27-39,42H2,1-4H3,(H,64,76)(H,65,74,77)(H,66,68,69)/t43-,52?/m1/s1. The summed E-state index contributed by atoms with van der Waals surface area (Å²) in [6.45, 7) is 14.6. The first-order chi connectivity index (χ1) is 40.6. The molecule has 22 nitrogen and oxygen atoms in total. The van der Waals surface area contributed by atoms with E-state index in [1.165, 1.54) is 0 Å². The molecule has 0 aliphatic carbocycles. The van der Waals surface area contributed by atoms with Crippen LogP contribution in [0.15, 0.2) is 91.3 Å². The van der Waals surface area contributed by atoms with Gasteiger partial charge in [-0.1, -0.05) is 24.6 Å². The Bertz CT molecular complexity index is 3040. The molecular weight excluding hydrogens is 1070 g/mol. The van der Waals surface area contributed by atoms with Crippen molar-refractivity contribution < 1.29 is 52.5 Å². The summed E-state index contributed by atoms with van der Waals surface area (Å²) in [4.78, 5) is 93.1. The van der Waals surface area contributed by atoms with Crippen molar-refractivity contribution in [2.75, 3.05) is 95.7 Å². The van der Waals surface area contributed by atoms with Gasteiger partial charge < -0.3 is 53.9 Å². The van der Waals surface area contributed by atoms with Crippen LogP contribution < -0.4 is 25.6 Å². The van der Waals surface area contributed by atoms with Gasteiger partial charge in [-0.2, -0.15) is 5.10 Å². The number of piperidine rings is 2. The van der Waals surface area contributed by atoms with E-state index in [9.17, 15) is 28.8 Å². The number of imide groups is 1. The normalized spacial score (nSPS) is 17.4. The number of unbranched alkanes of at least 4 members (excludes halogenated alkanes) is 3. The van der Waals surface area contributed by atoms with E-state index in [0.717, 1.165) is 59.5 Å². The molecule has 4 aliphatic rings. The van der Waals surface area contributed by atoms with Gasteiger partial charge in [-0.15, -0.1) is 0 Å². The topological polar surface area (TPSA) is 252 Å². The zero-order valence-electron chi connectivity index (χ0n) is 48.7. The predicted octanol–water partition coefficient (Wildman–Crippen LogP) is 7.18. The molecule has 1 unspecified atom stereocenters. The summed E-state index contributed by atoms with van der Waals surface area (Å²) in [6.07, 6.45) is 8.82. The summed E-state index contributed by atoms with van der Waals surface area (Å²) in [6, 6.07) is 23.7. The number of aromatic nitrogens is 4. The SMILES string of the molecule is C[C@@H](NC(=O)c1cccc(NC2(c3nc(-c4ccncc4)n[nH]3)CCN(C(=O)OC(C)(C)C)CC2)c1)c1ccc(OCCCCCCOCCOCCOCCC(=O)N2CCN(c3ccc4c(c3)CN(C3CCC(=O)NC3=O)C4=O)CC2)cc1. The Hall–Kier alpha value is -7.95. The minimum absolute atomic E-state index is 0.0524. The van der Waals surface area contributed by atoms with Crippen molar-refractivity contribution in [3.05, 3.63) is 119 Å². The number of fused-ring (bicyclic) bond motifs is 1. The molecule has 4 N–H and O–H groups in total. The number of piperazine rings is 1. The van der Waals surface area contributed by atoms with E-state index in [2.05, 4.69) is 36.0 Å². The molecule has 6 amide bonds. The van der Waals surface area contributed by atoms with Crippen LogP contribution in [0.2, 0.25) is 0 Å². The molecule has 5 aromatic rings. The highest BCUT2D eigenvalue weighted by Gasteiger charge is 2.42. The van der Waals surface area contributed by atoms with Crippen LogP contribution in [0.4, 0.5) is 16.2 Å². The molecule has 0 radical (unpaired) electrons. The first kappa shape index (κ1) is 60.6. The molecular formula is C62H79N11O11. The Morgan fingerprint density at radius 1 is 0.774 bits per heavy atom. The minimum atomic E-state index is -0.721. The average molecular weight is 1150 g/mol. The van der Waals surface area contributed by atoms with Crippen LogP contribution in [0.3, 0.4) is 0 Å². The van der Waals surface area contributed by atoms with Crippen LogP contribution in [-0.2, 0) is 45.4 Å². The van der Waals surface area contributed by atoms with E-state index >= 15 is 0 Å². The van der Waals surface area contributed by atoms with Crippen LogP contribution in [0.5, 0.6) is 5.75 Å². The Morgan fingerprint density at radius 3 is 2.19 bits per heavy atom. The number of likely N-dealkylation sites (tertiary alicyclic amines) is 1. The number of hydrogen-bond acceptors (Lipinski definition) is 16. The molecule has 3 aromatic carbocycles. The van der Waals surface area contributed by atoms with Crippen LogP contribution >= 0.6 is 0 Å². The highest BCUT2D eigenvalue weighted by Crippen LogP contribution is 2.37. The summed E-state index contributed by atoms with van der Waals surface area (Å²) < 4.78 is 28.8. The quantitative estimate of drug-likeness (QED) is 0.0316. The van der Waals surface area contributed by atoms with Crippen LogP contribution in [0.1, 0.15) is 129 Å². The molecule has 9 rings (SSSR count). The van der Waals surface area contributed by atoms with Crippen LogP contribution in [0, 0.1) is 0 Å². The maximum absolute atomic E-state index is 13.7. The fourth-order valence-corrected chi connectivity index (χ4v) is 10.8. The van der Waals surface area contributed by atoms with Gasteiger partial charge in [-0.3, -0.25) is 39.4 Å². The van der Waals surface area contributed by atoms with Gasteiger partial charge in [0.05, 0.1) is 52.1 Å². The van der Waals surface area contributed by atoms with E-state index < -0.39 is 23.1 Å². The molecule has 3 saturated heterocycles. The minimum Gasteiger partial charge on any atom is -0.494 e. The molecule has 84 heavy (non-hydrogen) atoms. The van der Waals surface area contributed by atoms with Gasteiger partial charge in [0.25, 0.3) is 11.8 Å². The van der Waals surface area contributed by atoms with E-state index in [0.29, 0.717) is 141 Å². The second kappa shape index (κ2) is 28.6. The second-order valence-electron chi connectivity index (χ2n) is 22.7. The van der Waals surface area contributed by atoms with Crippen molar-refractivity contribution in [1.82, 2.24) is 45.5 Å². The molecule has 0 saturated carbocycles. The first-order valence-corrected chi connectivity index (χ1v) is 29.4. The first-order valence-electron chi connectivity index (χ1n) is 29.4. The summed E-state index contributed by atoms with van der Waals surface area (Å²) >= 11 is 0. The molecule has 22 heteroatoms. The lowest BCUT2D eigenvalue weighted by atomic mass is 9.86. The Kier molecular flexibility index (Phi) is 20.6. The maximum atomic E-state index is 13.7. The summed E-state index contributed by atoms with van der Waals surface area (Å²) in [5.41, 5.74) is 4.08. The number of aromatic amines is 1. The maximum Gasteiger partial charge on any atom is 0.410 e. The summed E-state index contributed by atoms with van der Waals surface area (Å²) in [7, 11) is 0. The third-order valence-electron chi connectivity index (χ3n) is 15.5. The predicted molar refractivity (Wildman–Crippen MR) is 313 cm³/mol. The summed E-state index contributed by atoms with van der Waals surface area (Å²) in [5, 5.41) is 16.9. The number of carbonyl (C=O) groups is 6. The zero-order valence-corrected chi connectivity index (χ0v) is 48.7. The third kappa shape index (κ3) is 16.2. The third-order valence-corrected chi connectivity index (χ3v) is 15.5. The monoisotopic (exact) mass is 1150 g/mol. The number of nitrogens with one attached hydrogen (secondary N) is 4. The second-order valence-corrected chi connectivity index (χ2v) is 22.7. The Labute approximate surface area is 490 Å². The number of rotatable bonds is 26. The number of benzene rings is 3. The van der Waals surface area contributed by atoms with Crippen molar-refractivity contribution in [1.29, 1.82) is 0 Å². The van der Waals surface area contributed by atoms with E-state index in [1.807, 2.05) is 105 Å². The number of H-pyrrole nitrogens is 1. The fraction of sp³-hybridized carbons (Fsp3) is 0.500. The lowest BCUT2D eigenvalue weighted by Crippen LogP contribution is -2.52. The van der Waals surface area contributed by atoms with E-state index in [4.69, 9.17) is 28.7 Å². The lowest BCUT2D eigenvalue weighted by Gasteiger charge is -2.41. The van der Waals surface area contributed by atoms with Crippen LogP contribution in [-0.4, -0.2) is 168 Å². The van der Waals surface area contributed by atoms with Gasteiger partial charge in [0.2, 0.25) is 17.7 Å². The van der Waals surface area contributed by atoms with Crippen molar-refractivity contribution in [2.24, 2.45) is 0 Å². The fourth-order valence-electron chi connectivity index (χ4n) is 10.8. The molecule has 448 valence electrons. The van der Waals surface area contributed by atoms with Crippen molar-refractivity contribution in [3.63, 3.8) is 0 Å². The highest BCUT2D eigenvalue weighted by molar-refractivity contribution is 6.05. The van der Waals surface area contributed by atoms with Crippen LogP contribution in [0.25, 0.3) is 11.4 Å². The number of carbonyl (C=O) groups excluding carboxylic acids is 6.